The molecule has 1 aromatic heterocycles. The number of rotatable bonds is 3. The van der Waals surface area contributed by atoms with Crippen LogP contribution in [0.3, 0.4) is 0 Å². The van der Waals surface area contributed by atoms with E-state index in [0.29, 0.717) is 12.8 Å². The summed E-state index contributed by atoms with van der Waals surface area (Å²) in [5, 5.41) is 8.38. The molecule has 0 aliphatic carbocycles. The van der Waals surface area contributed by atoms with E-state index in [1.165, 1.54) is 5.56 Å². The van der Waals surface area contributed by atoms with Gasteiger partial charge in [0.15, 0.2) is 0 Å². The average molecular weight is 345 g/mol. The van der Waals surface area contributed by atoms with Crippen LogP contribution in [0.25, 0.3) is 11.3 Å². The number of nitrogens with one attached hydrogen (secondary N) is 1. The van der Waals surface area contributed by atoms with Crippen LogP contribution < -0.4 is 5.32 Å². The van der Waals surface area contributed by atoms with Crippen molar-refractivity contribution >= 4 is 11.5 Å². The third-order valence-electron chi connectivity index (χ3n) is 4.90. The first-order valence-electron chi connectivity index (χ1n) is 9.09. The summed E-state index contributed by atoms with van der Waals surface area (Å²) in [5.74, 6) is 0.284. The zero-order valence-corrected chi connectivity index (χ0v) is 15.2. The number of hydrogen-bond acceptors (Lipinski definition) is 3. The highest BCUT2D eigenvalue weighted by molar-refractivity contribution is 5.89. The first kappa shape index (κ1) is 16.6. The van der Waals surface area contributed by atoms with Crippen molar-refractivity contribution in [1.82, 2.24) is 9.78 Å². The minimum Gasteiger partial charge on any atom is -0.381 e. The Kier molecular flexibility index (Phi) is 4.33. The van der Waals surface area contributed by atoms with Crippen molar-refractivity contribution in [1.29, 1.82) is 0 Å². The van der Waals surface area contributed by atoms with Crippen LogP contribution in [0.15, 0.2) is 54.6 Å². The largest absolute Gasteiger partial charge is 0.381 e. The molecular formula is C22H23N3O. The van der Waals surface area contributed by atoms with Gasteiger partial charge in [0.1, 0.15) is 5.78 Å². The van der Waals surface area contributed by atoms with Gasteiger partial charge < -0.3 is 5.32 Å². The van der Waals surface area contributed by atoms with Crippen LogP contribution in [0.2, 0.25) is 0 Å². The normalized spacial score (nSPS) is 16.7. The fraction of sp³-hybridized carbons (Fsp3) is 0.273. The number of Topliss-reactive ketones (excluding diaryl/α,β-unsaturated/α-hetero) is 1. The Morgan fingerprint density at radius 3 is 2.77 bits per heavy atom. The first-order valence-corrected chi connectivity index (χ1v) is 9.09. The van der Waals surface area contributed by atoms with Gasteiger partial charge in [0, 0.05) is 35.8 Å². The molecule has 4 nitrogen and oxygen atoms in total. The summed E-state index contributed by atoms with van der Waals surface area (Å²) in [5.41, 5.74) is 6.49. The molecule has 0 saturated heterocycles. The molecule has 4 rings (SSSR count). The molecule has 3 aromatic rings. The summed E-state index contributed by atoms with van der Waals surface area (Å²) >= 11 is 0. The molecule has 26 heavy (non-hydrogen) atoms. The third kappa shape index (κ3) is 3.27. The van der Waals surface area contributed by atoms with Gasteiger partial charge in [0.05, 0.1) is 12.2 Å². The van der Waals surface area contributed by atoms with Gasteiger partial charge in [-0.25, -0.2) is 0 Å². The molecule has 1 N–H and O–H groups in total. The highest BCUT2D eigenvalue weighted by Gasteiger charge is 2.21. The van der Waals surface area contributed by atoms with E-state index in [1.807, 2.05) is 22.9 Å². The highest BCUT2D eigenvalue weighted by atomic mass is 16.1. The van der Waals surface area contributed by atoms with E-state index in [0.717, 1.165) is 34.7 Å². The summed E-state index contributed by atoms with van der Waals surface area (Å²) < 4.78 is 2.04. The lowest BCUT2D eigenvalue weighted by Crippen LogP contribution is -2.17. The van der Waals surface area contributed by atoms with Gasteiger partial charge in [-0.05, 0) is 31.0 Å². The monoisotopic (exact) mass is 345 g/mol. The zero-order chi connectivity index (χ0) is 18.1. The van der Waals surface area contributed by atoms with Crippen LogP contribution in [-0.4, -0.2) is 21.6 Å². The van der Waals surface area contributed by atoms with Crippen molar-refractivity contribution in [2.24, 2.45) is 0 Å². The number of anilines is 1. The van der Waals surface area contributed by atoms with E-state index in [4.69, 9.17) is 5.10 Å². The molecule has 0 unspecified atom stereocenters. The maximum absolute atomic E-state index is 12.1. The number of carbonyl (C=O) groups excluding carboxylic acids is 1. The average Bonchev–Trinajstić information content (AvgIpc) is 2.89. The van der Waals surface area contributed by atoms with Gasteiger partial charge in [-0.3, -0.25) is 9.48 Å². The number of carbonyl (C=O) groups is 1. The predicted octanol–water partition coefficient (Wildman–Crippen LogP) is 4.22. The number of aromatic nitrogens is 2. The Morgan fingerprint density at radius 1 is 1.15 bits per heavy atom. The number of hydrogen-bond donors (Lipinski definition) is 1. The van der Waals surface area contributed by atoms with Crippen molar-refractivity contribution in [3.8, 4) is 11.3 Å². The molecule has 0 saturated carbocycles. The van der Waals surface area contributed by atoms with Gasteiger partial charge in [-0.15, -0.1) is 0 Å². The van der Waals surface area contributed by atoms with E-state index in [9.17, 15) is 4.79 Å². The SMILES string of the molecule is Cc1cc(-c2cccc3c2N[C@H](C)CC(=O)C3)nn1Cc1ccccc1. The number of para-hydroxylation sites is 1. The molecule has 1 atom stereocenters. The van der Waals surface area contributed by atoms with Gasteiger partial charge in [-0.1, -0.05) is 48.5 Å². The van der Waals surface area contributed by atoms with Gasteiger partial charge in [-0.2, -0.15) is 5.10 Å². The summed E-state index contributed by atoms with van der Waals surface area (Å²) in [6, 6.07) is 18.8. The predicted molar refractivity (Wildman–Crippen MR) is 104 cm³/mol. The summed E-state index contributed by atoms with van der Waals surface area (Å²) in [6.07, 6.45) is 1.06. The number of aryl methyl sites for hydroxylation is 1. The van der Waals surface area contributed by atoms with Gasteiger partial charge in [0.2, 0.25) is 0 Å². The van der Waals surface area contributed by atoms with Crippen LogP contribution in [0.1, 0.15) is 30.2 Å². The molecule has 0 fully saturated rings. The maximum Gasteiger partial charge on any atom is 0.139 e. The van der Waals surface area contributed by atoms with Crippen LogP contribution in [-0.2, 0) is 17.8 Å². The molecule has 0 bridgehead atoms. The molecule has 0 amide bonds. The lowest BCUT2D eigenvalue weighted by atomic mass is 10.0. The second-order valence-corrected chi connectivity index (χ2v) is 7.12. The smallest absolute Gasteiger partial charge is 0.139 e. The minimum absolute atomic E-state index is 0.136. The van der Waals surface area contributed by atoms with Crippen molar-refractivity contribution < 1.29 is 4.79 Å². The molecule has 0 spiro atoms. The summed E-state index contributed by atoms with van der Waals surface area (Å²) in [7, 11) is 0. The fourth-order valence-electron chi connectivity index (χ4n) is 3.61. The number of fused-ring (bicyclic) bond motifs is 1. The standard InChI is InChI=1S/C22H23N3O/c1-15-11-19(26)13-18-9-6-10-20(22(18)23-15)21-12-16(2)25(24-21)14-17-7-4-3-5-8-17/h3-10,12,15,23H,11,13-14H2,1-2H3/t15-/m1/s1. The highest BCUT2D eigenvalue weighted by Crippen LogP contribution is 2.33. The Balaban J connectivity index is 1.72. The Morgan fingerprint density at radius 2 is 1.96 bits per heavy atom. The van der Waals surface area contributed by atoms with Crippen molar-refractivity contribution in [2.75, 3.05) is 5.32 Å². The first-order chi connectivity index (χ1) is 12.6. The van der Waals surface area contributed by atoms with Gasteiger partial charge >= 0.3 is 0 Å². The number of benzene rings is 2. The van der Waals surface area contributed by atoms with Crippen molar-refractivity contribution in [2.45, 2.75) is 39.3 Å². The number of nitrogens with zero attached hydrogens (tertiary/aromatic N) is 2. The second kappa shape index (κ2) is 6.79. The van der Waals surface area contributed by atoms with Gasteiger partial charge in [0.25, 0.3) is 0 Å². The fourth-order valence-corrected chi connectivity index (χ4v) is 3.61. The number of ketones is 1. The quantitative estimate of drug-likeness (QED) is 0.773. The van der Waals surface area contributed by atoms with Crippen LogP contribution in [0.5, 0.6) is 0 Å². The topological polar surface area (TPSA) is 46.9 Å². The van der Waals surface area contributed by atoms with E-state index < -0.39 is 0 Å². The van der Waals surface area contributed by atoms with Crippen LogP contribution in [0, 0.1) is 6.92 Å². The maximum atomic E-state index is 12.1. The Labute approximate surface area is 153 Å². The summed E-state index contributed by atoms with van der Waals surface area (Å²) in [4.78, 5) is 12.1. The molecule has 0 radical (unpaired) electrons. The van der Waals surface area contributed by atoms with E-state index in [1.54, 1.807) is 0 Å². The lowest BCUT2D eigenvalue weighted by molar-refractivity contribution is -0.118. The van der Waals surface area contributed by atoms with Crippen molar-refractivity contribution in [3.05, 3.63) is 71.4 Å². The zero-order valence-electron chi connectivity index (χ0n) is 15.2. The molecule has 2 heterocycles. The molecule has 4 heteroatoms. The molecule has 2 aromatic carbocycles. The molecule has 132 valence electrons. The van der Waals surface area contributed by atoms with E-state index in [-0.39, 0.29) is 11.8 Å². The second-order valence-electron chi connectivity index (χ2n) is 7.12. The molecule has 1 aliphatic rings. The van der Waals surface area contributed by atoms with Crippen molar-refractivity contribution in [3.63, 3.8) is 0 Å². The van der Waals surface area contributed by atoms with Crippen LogP contribution >= 0.6 is 0 Å². The van der Waals surface area contributed by atoms with Crippen LogP contribution in [0.4, 0.5) is 5.69 Å². The molecular weight excluding hydrogens is 322 g/mol. The van der Waals surface area contributed by atoms with E-state index >= 15 is 0 Å². The lowest BCUT2D eigenvalue weighted by Gasteiger charge is -2.16. The molecule has 1 aliphatic heterocycles. The Hall–Kier alpha value is -2.88. The third-order valence-corrected chi connectivity index (χ3v) is 4.90. The summed E-state index contributed by atoms with van der Waals surface area (Å²) in [6.45, 7) is 4.90. The minimum atomic E-state index is 0.136. The van der Waals surface area contributed by atoms with E-state index in [2.05, 4.69) is 55.6 Å². The Bertz CT molecular complexity index is 943.